The van der Waals surface area contributed by atoms with Crippen molar-refractivity contribution >= 4 is 22.5 Å². The van der Waals surface area contributed by atoms with Crippen LogP contribution in [0.4, 0.5) is 5.69 Å². The van der Waals surface area contributed by atoms with Crippen LogP contribution in [0.3, 0.4) is 0 Å². The highest BCUT2D eigenvalue weighted by atomic mass is 16.5. The van der Waals surface area contributed by atoms with E-state index in [1.807, 2.05) is 46.3 Å². The van der Waals surface area contributed by atoms with E-state index in [9.17, 15) is 0 Å². The molecule has 2 N–H and O–H groups in total. The summed E-state index contributed by atoms with van der Waals surface area (Å²) in [5.41, 5.74) is 9.67. The molecule has 0 saturated carbocycles. The Hall–Kier alpha value is -3.02. The molecule has 2 heterocycles. The summed E-state index contributed by atoms with van der Waals surface area (Å²) in [4.78, 5) is 0. The van der Waals surface area contributed by atoms with Gasteiger partial charge in [0.2, 0.25) is 5.78 Å². The van der Waals surface area contributed by atoms with Gasteiger partial charge in [-0.15, -0.1) is 10.2 Å². The van der Waals surface area contributed by atoms with Crippen molar-refractivity contribution in [2.75, 3.05) is 12.8 Å². The highest BCUT2D eigenvalue weighted by molar-refractivity contribution is 5.83. The summed E-state index contributed by atoms with van der Waals surface area (Å²) in [6.45, 7) is 0. The first-order chi connectivity index (χ1) is 10.7. The molecule has 110 valence electrons. The van der Waals surface area contributed by atoms with Crippen LogP contribution in [-0.4, -0.2) is 26.3 Å². The number of imidazole rings is 1. The van der Waals surface area contributed by atoms with E-state index in [1.54, 1.807) is 7.11 Å². The van der Waals surface area contributed by atoms with Crippen molar-refractivity contribution in [3.8, 4) is 17.1 Å². The van der Waals surface area contributed by atoms with Crippen LogP contribution in [0, 0.1) is 0 Å². The molecular weight excluding hydrogens is 278 g/mol. The number of ether oxygens (including phenoxy) is 1. The highest BCUT2D eigenvalue weighted by Crippen LogP contribution is 2.30. The number of methoxy groups -OCH3 is 1. The number of rotatable bonds is 2. The zero-order valence-electron chi connectivity index (χ0n) is 12.3. The van der Waals surface area contributed by atoms with Crippen LogP contribution in [0.1, 0.15) is 0 Å². The van der Waals surface area contributed by atoms with E-state index < -0.39 is 0 Å². The molecule has 2 aromatic carbocycles. The van der Waals surface area contributed by atoms with Gasteiger partial charge in [0.05, 0.1) is 23.8 Å². The molecule has 4 aromatic rings. The maximum atomic E-state index is 6.01. The Labute approximate surface area is 126 Å². The molecule has 2 aromatic heterocycles. The minimum Gasteiger partial charge on any atom is -0.495 e. The number of fused-ring (bicyclic) bond motifs is 3. The second-order valence-electron chi connectivity index (χ2n) is 5.16. The van der Waals surface area contributed by atoms with Gasteiger partial charge in [0.1, 0.15) is 5.75 Å². The summed E-state index contributed by atoms with van der Waals surface area (Å²) >= 11 is 0. The van der Waals surface area contributed by atoms with Crippen molar-refractivity contribution in [1.82, 2.24) is 19.2 Å². The number of aryl methyl sites for hydroxylation is 1. The van der Waals surface area contributed by atoms with E-state index in [0.29, 0.717) is 11.4 Å². The van der Waals surface area contributed by atoms with Gasteiger partial charge in [0.25, 0.3) is 0 Å². The van der Waals surface area contributed by atoms with E-state index in [4.69, 9.17) is 10.5 Å². The predicted octanol–water partition coefficient (Wildman–Crippen LogP) is 2.48. The third-order valence-electron chi connectivity index (χ3n) is 3.92. The molecule has 0 atom stereocenters. The standard InChI is InChI=1S/C16H15N5O/c1-20-12-5-3-4-6-13(12)21-15(18-19-16(20)21)10-7-8-14(22-2)11(17)9-10/h3-9H,17H2,1-2H3. The van der Waals surface area contributed by atoms with E-state index in [1.165, 1.54) is 0 Å². The number of aromatic nitrogens is 4. The van der Waals surface area contributed by atoms with Crippen molar-refractivity contribution in [2.24, 2.45) is 7.05 Å². The number of hydrogen-bond acceptors (Lipinski definition) is 4. The van der Waals surface area contributed by atoms with Gasteiger partial charge in [-0.1, -0.05) is 12.1 Å². The molecule has 0 radical (unpaired) electrons. The first-order valence-electron chi connectivity index (χ1n) is 6.93. The first-order valence-corrected chi connectivity index (χ1v) is 6.93. The Morgan fingerprint density at radius 1 is 1.05 bits per heavy atom. The average molecular weight is 293 g/mol. The fraction of sp³-hybridized carbons (Fsp3) is 0.125. The lowest BCUT2D eigenvalue weighted by Gasteiger charge is -2.06. The maximum absolute atomic E-state index is 6.01. The van der Waals surface area contributed by atoms with Crippen LogP contribution < -0.4 is 10.5 Å². The molecule has 0 spiro atoms. The summed E-state index contributed by atoms with van der Waals surface area (Å²) in [5.74, 6) is 2.22. The number of para-hydroxylation sites is 2. The molecule has 6 heteroatoms. The molecule has 0 amide bonds. The van der Waals surface area contributed by atoms with Crippen molar-refractivity contribution < 1.29 is 4.74 Å². The summed E-state index contributed by atoms with van der Waals surface area (Å²) in [7, 11) is 3.59. The van der Waals surface area contributed by atoms with Crippen LogP contribution in [0.25, 0.3) is 28.2 Å². The minimum absolute atomic E-state index is 0.581. The van der Waals surface area contributed by atoms with Gasteiger partial charge < -0.3 is 15.0 Å². The summed E-state index contributed by atoms with van der Waals surface area (Å²) in [6, 6.07) is 13.8. The zero-order chi connectivity index (χ0) is 15.3. The lowest BCUT2D eigenvalue weighted by molar-refractivity contribution is 0.417. The Kier molecular flexibility index (Phi) is 2.59. The van der Waals surface area contributed by atoms with E-state index >= 15 is 0 Å². The summed E-state index contributed by atoms with van der Waals surface area (Å²) < 4.78 is 9.27. The zero-order valence-corrected chi connectivity index (χ0v) is 12.3. The van der Waals surface area contributed by atoms with Crippen molar-refractivity contribution in [1.29, 1.82) is 0 Å². The van der Waals surface area contributed by atoms with Gasteiger partial charge in [-0.3, -0.25) is 4.40 Å². The van der Waals surface area contributed by atoms with Crippen molar-refractivity contribution in [2.45, 2.75) is 0 Å². The largest absolute Gasteiger partial charge is 0.495 e. The molecule has 0 unspecified atom stereocenters. The van der Waals surface area contributed by atoms with E-state index in [2.05, 4.69) is 22.3 Å². The number of nitrogens with zero attached hydrogens (tertiary/aromatic N) is 4. The number of nitrogen functional groups attached to an aromatic ring is 1. The monoisotopic (exact) mass is 293 g/mol. The van der Waals surface area contributed by atoms with Crippen LogP contribution in [0.2, 0.25) is 0 Å². The van der Waals surface area contributed by atoms with E-state index in [-0.39, 0.29) is 0 Å². The molecule has 0 aliphatic heterocycles. The molecule has 0 fully saturated rings. The third-order valence-corrected chi connectivity index (χ3v) is 3.92. The number of benzene rings is 2. The quantitative estimate of drug-likeness (QED) is 0.576. The van der Waals surface area contributed by atoms with Gasteiger partial charge >= 0.3 is 0 Å². The number of anilines is 1. The molecule has 6 nitrogen and oxygen atoms in total. The molecule has 0 aliphatic rings. The van der Waals surface area contributed by atoms with Crippen molar-refractivity contribution in [3.63, 3.8) is 0 Å². The Balaban J connectivity index is 2.03. The van der Waals surface area contributed by atoms with Gasteiger partial charge in [0, 0.05) is 12.6 Å². The molecule has 4 rings (SSSR count). The van der Waals surface area contributed by atoms with E-state index in [0.717, 1.165) is 28.2 Å². The second kappa shape index (κ2) is 4.49. The SMILES string of the molecule is COc1ccc(-c2nnc3n(C)c4ccccc4n23)cc1N. The average Bonchev–Trinajstić information content (AvgIpc) is 3.08. The highest BCUT2D eigenvalue weighted by Gasteiger charge is 2.16. The predicted molar refractivity (Wildman–Crippen MR) is 85.9 cm³/mol. The van der Waals surface area contributed by atoms with Gasteiger partial charge in [-0.25, -0.2) is 0 Å². The van der Waals surface area contributed by atoms with Crippen LogP contribution in [0.5, 0.6) is 5.75 Å². The molecule has 22 heavy (non-hydrogen) atoms. The maximum Gasteiger partial charge on any atom is 0.236 e. The van der Waals surface area contributed by atoms with Crippen LogP contribution in [0.15, 0.2) is 42.5 Å². The Morgan fingerprint density at radius 3 is 2.55 bits per heavy atom. The first kappa shape index (κ1) is 12.7. The second-order valence-corrected chi connectivity index (χ2v) is 5.16. The molecule has 0 aliphatic carbocycles. The van der Waals surface area contributed by atoms with Gasteiger partial charge in [-0.05, 0) is 30.3 Å². The molecule has 0 bridgehead atoms. The fourth-order valence-corrected chi connectivity index (χ4v) is 2.82. The summed E-state index contributed by atoms with van der Waals surface area (Å²) in [6.07, 6.45) is 0. The Morgan fingerprint density at radius 2 is 1.82 bits per heavy atom. The fourth-order valence-electron chi connectivity index (χ4n) is 2.82. The molecule has 0 saturated heterocycles. The topological polar surface area (TPSA) is 70.4 Å². The lowest BCUT2D eigenvalue weighted by atomic mass is 10.1. The summed E-state index contributed by atoms with van der Waals surface area (Å²) in [5, 5.41) is 8.64. The van der Waals surface area contributed by atoms with Gasteiger partial charge in [0.15, 0.2) is 5.82 Å². The smallest absolute Gasteiger partial charge is 0.236 e. The number of nitrogens with two attached hydrogens (primary N) is 1. The molecular formula is C16H15N5O. The van der Waals surface area contributed by atoms with Gasteiger partial charge in [-0.2, -0.15) is 0 Å². The normalized spacial score (nSPS) is 11.4. The van der Waals surface area contributed by atoms with Crippen LogP contribution in [-0.2, 0) is 7.05 Å². The lowest BCUT2D eigenvalue weighted by Crippen LogP contribution is -1.94. The Bertz CT molecular complexity index is 999. The van der Waals surface area contributed by atoms with Crippen molar-refractivity contribution in [3.05, 3.63) is 42.5 Å². The van der Waals surface area contributed by atoms with Crippen LogP contribution >= 0.6 is 0 Å². The third kappa shape index (κ3) is 1.60. The number of hydrogen-bond donors (Lipinski definition) is 1. The minimum atomic E-state index is 0.581.